The van der Waals surface area contributed by atoms with Crippen molar-refractivity contribution in [2.24, 2.45) is 5.92 Å². The van der Waals surface area contributed by atoms with Crippen molar-refractivity contribution in [3.05, 3.63) is 0 Å². The van der Waals surface area contributed by atoms with Crippen LogP contribution in [0.1, 0.15) is 6.42 Å². The lowest BCUT2D eigenvalue weighted by Gasteiger charge is -2.15. The second-order valence-electron chi connectivity index (χ2n) is 3.40. The summed E-state index contributed by atoms with van der Waals surface area (Å²) in [5, 5.41) is 0. The lowest BCUT2D eigenvalue weighted by molar-refractivity contribution is -0.324. The Labute approximate surface area is 86.0 Å². The summed E-state index contributed by atoms with van der Waals surface area (Å²) in [6, 6.07) is 0. The summed E-state index contributed by atoms with van der Waals surface area (Å²) in [5.41, 5.74) is 0. The first-order valence-electron chi connectivity index (χ1n) is 4.50. The highest BCUT2D eigenvalue weighted by molar-refractivity contribution is 6.18. The maximum atomic E-state index is 11.6. The van der Waals surface area contributed by atoms with Crippen molar-refractivity contribution in [1.29, 1.82) is 0 Å². The van der Waals surface area contributed by atoms with Crippen LogP contribution in [-0.4, -0.2) is 43.4 Å². The average molecular weight is 232 g/mol. The molecule has 1 aliphatic heterocycles. The van der Waals surface area contributed by atoms with Crippen molar-refractivity contribution < 1.29 is 17.9 Å². The van der Waals surface area contributed by atoms with E-state index in [1.54, 1.807) is 0 Å². The maximum Gasteiger partial charge on any atom is 0.522 e. The van der Waals surface area contributed by atoms with Gasteiger partial charge in [-0.2, -0.15) is 0 Å². The first-order chi connectivity index (χ1) is 6.51. The third-order valence-electron chi connectivity index (χ3n) is 2.26. The molecule has 2 nitrogen and oxygen atoms in total. The molecule has 0 N–H and O–H groups in total. The van der Waals surface area contributed by atoms with E-state index >= 15 is 0 Å². The fraction of sp³-hybridized carbons (Fsp3) is 1.00. The number of likely N-dealkylation sites (tertiary alicyclic amines) is 1. The molecule has 0 spiro atoms. The first-order valence-corrected chi connectivity index (χ1v) is 5.03. The molecule has 0 aliphatic carbocycles. The first kappa shape index (κ1) is 12.1. The Bertz CT molecular complexity index is 176. The topological polar surface area (TPSA) is 12.5 Å². The molecule has 1 unspecified atom stereocenters. The van der Waals surface area contributed by atoms with Gasteiger partial charge in [-0.25, -0.2) is 0 Å². The van der Waals surface area contributed by atoms with E-state index in [9.17, 15) is 13.2 Å². The van der Waals surface area contributed by atoms with Crippen LogP contribution in [0.4, 0.5) is 13.2 Å². The summed E-state index contributed by atoms with van der Waals surface area (Å²) in [5.74, 6) is 0.999. The van der Waals surface area contributed by atoms with Gasteiger partial charge in [0.25, 0.3) is 0 Å². The Balaban J connectivity index is 2.09. The lowest BCUT2D eigenvalue weighted by Crippen LogP contribution is -2.28. The summed E-state index contributed by atoms with van der Waals surface area (Å²) < 4.78 is 38.5. The van der Waals surface area contributed by atoms with E-state index in [2.05, 4.69) is 4.74 Å². The van der Waals surface area contributed by atoms with Crippen molar-refractivity contribution in [1.82, 2.24) is 4.90 Å². The van der Waals surface area contributed by atoms with Gasteiger partial charge in [0, 0.05) is 19.0 Å². The van der Waals surface area contributed by atoms with E-state index in [0.29, 0.717) is 18.3 Å². The molecule has 0 aromatic rings. The van der Waals surface area contributed by atoms with Crippen LogP contribution in [0.5, 0.6) is 0 Å². The van der Waals surface area contributed by atoms with Gasteiger partial charge in [-0.3, -0.25) is 4.74 Å². The molecule has 84 valence electrons. The van der Waals surface area contributed by atoms with Crippen molar-refractivity contribution in [2.45, 2.75) is 12.8 Å². The van der Waals surface area contributed by atoms with Crippen molar-refractivity contribution in [3.8, 4) is 0 Å². The van der Waals surface area contributed by atoms with Crippen molar-refractivity contribution in [3.63, 3.8) is 0 Å². The van der Waals surface area contributed by atoms with Gasteiger partial charge in [0.1, 0.15) is 0 Å². The van der Waals surface area contributed by atoms with Crippen LogP contribution in [0.3, 0.4) is 0 Å². The summed E-state index contributed by atoms with van der Waals surface area (Å²) in [6.07, 6.45) is -3.54. The number of alkyl halides is 4. The number of hydrogen-bond donors (Lipinski definition) is 0. The average Bonchev–Trinajstić information content (AvgIpc) is 2.50. The Morgan fingerprint density at radius 3 is 2.64 bits per heavy atom. The normalized spacial score (nSPS) is 24.4. The predicted molar refractivity (Wildman–Crippen MR) is 47.3 cm³/mol. The van der Waals surface area contributed by atoms with Crippen LogP contribution in [0.15, 0.2) is 0 Å². The molecule has 0 aromatic carbocycles. The fourth-order valence-electron chi connectivity index (χ4n) is 1.53. The zero-order valence-corrected chi connectivity index (χ0v) is 8.44. The van der Waals surface area contributed by atoms with Crippen LogP contribution >= 0.6 is 11.6 Å². The lowest BCUT2D eigenvalue weighted by atomic mass is 10.2. The van der Waals surface area contributed by atoms with Gasteiger partial charge >= 0.3 is 6.36 Å². The highest BCUT2D eigenvalue weighted by atomic mass is 35.5. The van der Waals surface area contributed by atoms with E-state index in [1.807, 2.05) is 4.90 Å². The minimum Gasteiger partial charge on any atom is -0.301 e. The highest BCUT2D eigenvalue weighted by Gasteiger charge is 2.29. The van der Waals surface area contributed by atoms with Crippen LogP contribution in [-0.2, 0) is 4.74 Å². The fourth-order valence-corrected chi connectivity index (χ4v) is 1.78. The highest BCUT2D eigenvalue weighted by Crippen LogP contribution is 2.19. The second-order valence-corrected chi connectivity index (χ2v) is 3.71. The van der Waals surface area contributed by atoms with Gasteiger partial charge in [-0.15, -0.1) is 24.8 Å². The molecule has 1 fully saturated rings. The summed E-state index contributed by atoms with van der Waals surface area (Å²) in [7, 11) is 0. The molecular formula is C8H13ClF3NO. The van der Waals surface area contributed by atoms with Gasteiger partial charge < -0.3 is 4.90 Å². The minimum atomic E-state index is -4.51. The van der Waals surface area contributed by atoms with Crippen LogP contribution in [0, 0.1) is 5.92 Å². The largest absolute Gasteiger partial charge is 0.522 e. The monoisotopic (exact) mass is 231 g/mol. The Kier molecular flexibility index (Phi) is 4.47. The van der Waals surface area contributed by atoms with Crippen LogP contribution < -0.4 is 0 Å². The maximum absolute atomic E-state index is 11.6. The molecule has 1 rings (SSSR count). The molecule has 14 heavy (non-hydrogen) atoms. The summed E-state index contributed by atoms with van der Waals surface area (Å²) in [6.45, 7) is 1.63. The molecule has 1 saturated heterocycles. The quantitative estimate of drug-likeness (QED) is 0.687. The zero-order chi connectivity index (χ0) is 10.6. The molecule has 0 bridgehead atoms. The summed E-state index contributed by atoms with van der Waals surface area (Å²) >= 11 is 5.64. The standard InChI is InChI=1S/C8H13ClF3NO/c9-5-7-1-2-13(6-7)3-4-14-8(10,11)12/h7H,1-6H2. The molecule has 1 heterocycles. The molecular weight excluding hydrogens is 219 g/mol. The number of nitrogens with zero attached hydrogens (tertiary/aromatic N) is 1. The molecule has 0 amide bonds. The van der Waals surface area contributed by atoms with Crippen molar-refractivity contribution in [2.75, 3.05) is 32.1 Å². The molecule has 6 heteroatoms. The molecule has 0 radical (unpaired) electrons. The smallest absolute Gasteiger partial charge is 0.301 e. The van der Waals surface area contributed by atoms with Crippen LogP contribution in [0.25, 0.3) is 0 Å². The van der Waals surface area contributed by atoms with E-state index in [-0.39, 0.29) is 6.61 Å². The van der Waals surface area contributed by atoms with Gasteiger partial charge in [-0.05, 0) is 18.9 Å². The third-order valence-corrected chi connectivity index (χ3v) is 2.70. The Morgan fingerprint density at radius 2 is 2.14 bits per heavy atom. The van der Waals surface area contributed by atoms with E-state index in [1.165, 1.54) is 0 Å². The van der Waals surface area contributed by atoms with Crippen molar-refractivity contribution >= 4 is 11.6 Å². The predicted octanol–water partition coefficient (Wildman–Crippen LogP) is 2.08. The van der Waals surface area contributed by atoms with E-state index in [4.69, 9.17) is 11.6 Å². The number of halogens is 4. The number of rotatable bonds is 4. The third kappa shape index (κ3) is 4.48. The van der Waals surface area contributed by atoms with E-state index < -0.39 is 6.36 Å². The van der Waals surface area contributed by atoms with Gasteiger partial charge in [-0.1, -0.05) is 0 Å². The number of hydrogen-bond acceptors (Lipinski definition) is 2. The van der Waals surface area contributed by atoms with Gasteiger partial charge in [0.2, 0.25) is 0 Å². The molecule has 1 aliphatic rings. The SMILES string of the molecule is FC(F)(F)OCCN1CCC(CCl)C1. The van der Waals surface area contributed by atoms with Crippen LogP contribution in [0.2, 0.25) is 0 Å². The van der Waals surface area contributed by atoms with Gasteiger partial charge in [0.15, 0.2) is 0 Å². The van der Waals surface area contributed by atoms with Gasteiger partial charge in [0.05, 0.1) is 6.61 Å². The Morgan fingerprint density at radius 1 is 1.43 bits per heavy atom. The second kappa shape index (κ2) is 5.19. The van der Waals surface area contributed by atoms with E-state index in [0.717, 1.165) is 19.5 Å². The zero-order valence-electron chi connectivity index (χ0n) is 7.69. The molecule has 0 saturated carbocycles. The molecule has 0 aromatic heterocycles. The molecule has 1 atom stereocenters. The number of ether oxygens (including phenoxy) is 1. The minimum absolute atomic E-state index is 0.293. The summed E-state index contributed by atoms with van der Waals surface area (Å²) in [4.78, 5) is 1.94. The Hall–Kier alpha value is 0.